The van der Waals surface area contributed by atoms with E-state index in [1.807, 2.05) is 12.3 Å². The Balaban J connectivity index is 2.44. The average Bonchev–Trinajstić information content (AvgIpc) is 2.78. The van der Waals surface area contributed by atoms with Gasteiger partial charge < -0.3 is 15.9 Å². The summed E-state index contributed by atoms with van der Waals surface area (Å²) in [4.78, 5) is 4.72. The molecule has 0 aliphatic rings. The molecule has 0 radical (unpaired) electrons. The SMILES string of the molecule is C[Si](C)(C)c1cc2c(n1)c(N)cc1c[nH][nH]c12. The van der Waals surface area contributed by atoms with E-state index in [-0.39, 0.29) is 0 Å². The van der Waals surface area contributed by atoms with Gasteiger partial charge in [-0.25, -0.2) is 0 Å². The summed E-state index contributed by atoms with van der Waals surface area (Å²) in [5.74, 6) is 0. The number of hydrogen-bond donors (Lipinski definition) is 3. The van der Waals surface area contributed by atoms with Gasteiger partial charge in [-0.15, -0.1) is 0 Å². The van der Waals surface area contributed by atoms with E-state index in [1.165, 1.54) is 5.32 Å². The lowest BCUT2D eigenvalue weighted by Gasteiger charge is -2.11. The summed E-state index contributed by atoms with van der Waals surface area (Å²) < 4.78 is 0. The zero-order chi connectivity index (χ0) is 12.2. The zero-order valence-electron chi connectivity index (χ0n) is 10.3. The van der Waals surface area contributed by atoms with Gasteiger partial charge in [0, 0.05) is 22.3 Å². The Bertz CT molecular complexity index is 702. The molecule has 3 rings (SSSR count). The molecule has 2 aromatic heterocycles. The zero-order valence-corrected chi connectivity index (χ0v) is 11.3. The number of nitrogens with two attached hydrogens (primary N) is 1. The van der Waals surface area contributed by atoms with Gasteiger partial charge in [0.15, 0.2) is 0 Å². The molecule has 0 aliphatic heterocycles. The van der Waals surface area contributed by atoms with Gasteiger partial charge in [-0.3, -0.25) is 4.98 Å². The molecule has 0 spiro atoms. The van der Waals surface area contributed by atoms with Crippen LogP contribution in [0.3, 0.4) is 0 Å². The molecule has 0 atom stereocenters. The number of benzene rings is 1. The first-order valence-electron chi connectivity index (χ1n) is 5.72. The third kappa shape index (κ3) is 1.46. The Hall–Kier alpha value is -1.75. The van der Waals surface area contributed by atoms with E-state index in [0.717, 1.165) is 27.5 Å². The average molecular weight is 244 g/mol. The third-order valence-electron chi connectivity index (χ3n) is 3.10. The fourth-order valence-electron chi connectivity index (χ4n) is 2.12. The predicted octanol–water partition coefficient (Wildman–Crippen LogP) is 2.17. The predicted molar refractivity (Wildman–Crippen MR) is 75.3 cm³/mol. The van der Waals surface area contributed by atoms with Crippen LogP contribution in [0.4, 0.5) is 5.69 Å². The molecule has 0 saturated heterocycles. The summed E-state index contributed by atoms with van der Waals surface area (Å²) >= 11 is 0. The smallest absolute Gasteiger partial charge is 0.101 e. The normalized spacial score (nSPS) is 12.6. The maximum atomic E-state index is 6.06. The molecule has 17 heavy (non-hydrogen) atoms. The minimum atomic E-state index is -1.40. The van der Waals surface area contributed by atoms with Gasteiger partial charge in [-0.2, -0.15) is 0 Å². The molecule has 4 N–H and O–H groups in total. The largest absolute Gasteiger partial charge is 0.397 e. The molecule has 88 valence electrons. The van der Waals surface area contributed by atoms with Gasteiger partial charge in [-0.1, -0.05) is 19.6 Å². The highest BCUT2D eigenvalue weighted by Gasteiger charge is 2.21. The van der Waals surface area contributed by atoms with Crippen molar-refractivity contribution < 1.29 is 0 Å². The molecule has 5 heteroatoms. The molecule has 3 aromatic rings. The molecule has 4 nitrogen and oxygen atoms in total. The summed E-state index contributed by atoms with van der Waals surface area (Å²) in [7, 11) is -1.40. The standard InChI is InChI=1S/C12H16N4Si/c1-17(2,3)10-5-8-11-7(6-14-16-11)4-9(13)12(8)15-10/h4-6,14,16H,13H2,1-3H3. The van der Waals surface area contributed by atoms with Crippen LogP contribution in [0, 0.1) is 0 Å². The van der Waals surface area contributed by atoms with E-state index in [2.05, 4.69) is 35.9 Å². The lowest BCUT2D eigenvalue weighted by molar-refractivity contribution is 1.12. The van der Waals surface area contributed by atoms with Crippen molar-refractivity contribution in [3.8, 4) is 0 Å². The van der Waals surface area contributed by atoms with E-state index in [1.54, 1.807) is 0 Å². The van der Waals surface area contributed by atoms with Gasteiger partial charge in [-0.05, 0) is 12.1 Å². The number of fused-ring (bicyclic) bond motifs is 3. The van der Waals surface area contributed by atoms with Gasteiger partial charge in [0.25, 0.3) is 0 Å². The van der Waals surface area contributed by atoms with Gasteiger partial charge in [0.2, 0.25) is 0 Å². The number of rotatable bonds is 1. The second-order valence-corrected chi connectivity index (χ2v) is 10.5. The molecule has 2 heterocycles. The highest BCUT2D eigenvalue weighted by atomic mass is 28.3. The van der Waals surface area contributed by atoms with E-state index in [9.17, 15) is 0 Å². The summed E-state index contributed by atoms with van der Waals surface area (Å²) in [6.45, 7) is 6.88. The molecule has 1 aromatic carbocycles. The molecular weight excluding hydrogens is 228 g/mol. The quantitative estimate of drug-likeness (QED) is 0.453. The minimum absolute atomic E-state index is 0.755. The summed E-state index contributed by atoms with van der Waals surface area (Å²) in [5.41, 5.74) is 8.83. The van der Waals surface area contributed by atoms with Gasteiger partial charge >= 0.3 is 0 Å². The molecule has 0 unspecified atom stereocenters. The van der Waals surface area contributed by atoms with E-state index < -0.39 is 8.07 Å². The first-order chi connectivity index (χ1) is 7.97. The van der Waals surface area contributed by atoms with Crippen molar-refractivity contribution in [3.05, 3.63) is 18.3 Å². The van der Waals surface area contributed by atoms with Gasteiger partial charge in [0.1, 0.15) is 8.07 Å². The topological polar surface area (TPSA) is 70.5 Å². The number of H-pyrrole nitrogens is 2. The van der Waals surface area contributed by atoms with E-state index in [4.69, 9.17) is 10.7 Å². The van der Waals surface area contributed by atoms with Crippen LogP contribution >= 0.6 is 0 Å². The first kappa shape index (κ1) is 10.4. The van der Waals surface area contributed by atoms with Gasteiger partial charge in [0.05, 0.1) is 16.7 Å². The molecule has 0 amide bonds. The number of nitrogen functional groups attached to an aromatic ring is 1. The lowest BCUT2D eigenvalue weighted by atomic mass is 10.1. The Labute approximate surface area is 100 Å². The maximum absolute atomic E-state index is 6.06. The van der Waals surface area contributed by atoms with Crippen LogP contribution in [0.25, 0.3) is 21.8 Å². The van der Waals surface area contributed by atoms with Crippen molar-refractivity contribution in [1.29, 1.82) is 0 Å². The highest BCUT2D eigenvalue weighted by molar-refractivity contribution is 6.88. The second kappa shape index (κ2) is 3.13. The molecule has 0 bridgehead atoms. The maximum Gasteiger partial charge on any atom is 0.101 e. The molecule has 0 aliphatic carbocycles. The lowest BCUT2D eigenvalue weighted by Crippen LogP contribution is -2.38. The van der Waals surface area contributed by atoms with Crippen molar-refractivity contribution in [3.63, 3.8) is 0 Å². The van der Waals surface area contributed by atoms with E-state index in [0.29, 0.717) is 0 Å². The van der Waals surface area contributed by atoms with Crippen LogP contribution in [0.5, 0.6) is 0 Å². The number of anilines is 1. The Kier molecular flexibility index (Phi) is 1.92. The molecule has 0 saturated carbocycles. The fraction of sp³-hybridized carbons (Fsp3) is 0.250. The van der Waals surface area contributed by atoms with Crippen LogP contribution in [0.1, 0.15) is 0 Å². The van der Waals surface area contributed by atoms with Crippen molar-refractivity contribution in [2.45, 2.75) is 19.6 Å². The van der Waals surface area contributed by atoms with Crippen molar-refractivity contribution in [2.75, 3.05) is 5.73 Å². The minimum Gasteiger partial charge on any atom is -0.397 e. The summed E-state index contributed by atoms with van der Waals surface area (Å²) in [6, 6.07) is 4.15. The summed E-state index contributed by atoms with van der Waals surface area (Å²) in [6.07, 6.45) is 1.92. The Morgan fingerprint density at radius 2 is 2.00 bits per heavy atom. The van der Waals surface area contributed by atoms with Crippen LogP contribution in [0.15, 0.2) is 18.3 Å². The second-order valence-electron chi connectivity index (χ2n) is 5.50. The van der Waals surface area contributed by atoms with E-state index >= 15 is 0 Å². The highest BCUT2D eigenvalue weighted by Crippen LogP contribution is 2.27. The van der Waals surface area contributed by atoms with Crippen molar-refractivity contribution in [1.82, 2.24) is 15.2 Å². The van der Waals surface area contributed by atoms with Crippen LogP contribution in [-0.2, 0) is 0 Å². The van der Waals surface area contributed by atoms with Crippen molar-refractivity contribution in [2.24, 2.45) is 0 Å². The monoisotopic (exact) mass is 244 g/mol. The Morgan fingerprint density at radius 3 is 2.71 bits per heavy atom. The number of hydrogen-bond acceptors (Lipinski definition) is 2. The summed E-state index contributed by atoms with van der Waals surface area (Å²) in [5, 5.41) is 9.59. The van der Waals surface area contributed by atoms with Crippen LogP contribution in [0.2, 0.25) is 19.6 Å². The van der Waals surface area contributed by atoms with Crippen LogP contribution < -0.4 is 11.1 Å². The fourth-order valence-corrected chi connectivity index (χ4v) is 3.14. The first-order valence-corrected chi connectivity index (χ1v) is 9.22. The van der Waals surface area contributed by atoms with Crippen LogP contribution in [-0.4, -0.2) is 23.3 Å². The number of nitrogens with one attached hydrogen (secondary N) is 2. The number of aromatic amines is 2. The molecular formula is C12H16N4Si. The number of aromatic nitrogens is 3. The third-order valence-corrected chi connectivity index (χ3v) is 4.90. The number of nitrogens with zero attached hydrogens (tertiary/aromatic N) is 1. The Morgan fingerprint density at radius 1 is 1.24 bits per heavy atom. The van der Waals surface area contributed by atoms with Crippen molar-refractivity contribution >= 4 is 40.9 Å². The molecule has 0 fully saturated rings.